The topological polar surface area (TPSA) is 69.1 Å². The Balaban J connectivity index is 2.85. The summed E-state index contributed by atoms with van der Waals surface area (Å²) in [6, 6.07) is 0. The van der Waals surface area contributed by atoms with Gasteiger partial charge >= 0.3 is 0 Å². The first-order valence-corrected chi connectivity index (χ1v) is 4.46. The third-order valence-electron chi connectivity index (χ3n) is 3.48. The summed E-state index contributed by atoms with van der Waals surface area (Å²) in [7, 11) is 0. The van der Waals surface area contributed by atoms with Crippen LogP contribution in [0.1, 0.15) is 33.1 Å². The molecule has 1 saturated carbocycles. The molecule has 70 valence electrons. The normalized spacial score (nSPS) is 25.7. The highest BCUT2D eigenvalue weighted by Gasteiger charge is 2.51. The minimum atomic E-state index is -0.786. The highest BCUT2D eigenvalue weighted by molar-refractivity contribution is 5.87. The predicted octanol–water partition coefficient (Wildman–Crippen LogP) is 0.422. The van der Waals surface area contributed by atoms with Gasteiger partial charge in [0.15, 0.2) is 5.78 Å². The molecule has 0 amide bonds. The summed E-state index contributed by atoms with van der Waals surface area (Å²) >= 11 is 0. The molecule has 0 bridgehead atoms. The molecule has 0 spiro atoms. The van der Waals surface area contributed by atoms with Gasteiger partial charge in [-0.15, -0.1) is 0 Å². The second-order valence-corrected chi connectivity index (χ2v) is 4.15. The standard InChI is InChI=1S/C9H18N2O/c1-7(12)9(11,6-10)8(2)4-3-5-8/h3-6,10-11H2,1-2H3. The second kappa shape index (κ2) is 2.82. The Kier molecular flexibility index (Phi) is 2.27. The maximum Gasteiger partial charge on any atom is 0.151 e. The molecule has 1 rings (SSSR count). The Bertz CT molecular complexity index is 199. The lowest BCUT2D eigenvalue weighted by Gasteiger charge is -2.50. The van der Waals surface area contributed by atoms with Crippen LogP contribution in [0.25, 0.3) is 0 Å². The van der Waals surface area contributed by atoms with Crippen LogP contribution >= 0.6 is 0 Å². The van der Waals surface area contributed by atoms with Crippen molar-refractivity contribution in [3.8, 4) is 0 Å². The van der Waals surface area contributed by atoms with Gasteiger partial charge in [0.2, 0.25) is 0 Å². The first-order chi connectivity index (χ1) is 5.46. The van der Waals surface area contributed by atoms with Gasteiger partial charge in [0.05, 0.1) is 5.54 Å². The zero-order valence-corrected chi connectivity index (χ0v) is 7.89. The van der Waals surface area contributed by atoms with E-state index in [2.05, 4.69) is 6.92 Å². The van der Waals surface area contributed by atoms with Crippen LogP contribution in [0, 0.1) is 5.41 Å². The van der Waals surface area contributed by atoms with Crippen molar-refractivity contribution in [3.05, 3.63) is 0 Å². The van der Waals surface area contributed by atoms with Crippen molar-refractivity contribution >= 4 is 5.78 Å². The van der Waals surface area contributed by atoms with Gasteiger partial charge < -0.3 is 11.5 Å². The number of nitrogens with two attached hydrogens (primary N) is 2. The number of carbonyl (C=O) groups is 1. The fraction of sp³-hybridized carbons (Fsp3) is 0.889. The predicted molar refractivity (Wildman–Crippen MR) is 48.6 cm³/mol. The first-order valence-electron chi connectivity index (χ1n) is 4.46. The van der Waals surface area contributed by atoms with Crippen LogP contribution in [0.15, 0.2) is 0 Å². The van der Waals surface area contributed by atoms with Crippen molar-refractivity contribution < 1.29 is 4.79 Å². The smallest absolute Gasteiger partial charge is 0.151 e. The van der Waals surface area contributed by atoms with Crippen LogP contribution in [0.4, 0.5) is 0 Å². The molecule has 0 aromatic rings. The Morgan fingerprint density at radius 3 is 2.17 bits per heavy atom. The largest absolute Gasteiger partial charge is 0.328 e. The van der Waals surface area contributed by atoms with E-state index in [-0.39, 0.29) is 17.7 Å². The van der Waals surface area contributed by atoms with Crippen LogP contribution in [0.3, 0.4) is 0 Å². The maximum absolute atomic E-state index is 11.3. The lowest BCUT2D eigenvalue weighted by Crippen LogP contribution is -2.65. The van der Waals surface area contributed by atoms with Gasteiger partial charge in [-0.2, -0.15) is 0 Å². The lowest BCUT2D eigenvalue weighted by molar-refractivity contribution is -0.129. The van der Waals surface area contributed by atoms with E-state index in [9.17, 15) is 4.79 Å². The Hall–Kier alpha value is -0.410. The van der Waals surface area contributed by atoms with E-state index in [1.165, 1.54) is 13.3 Å². The van der Waals surface area contributed by atoms with Crippen LogP contribution in [-0.2, 0) is 4.79 Å². The average molecular weight is 170 g/mol. The number of rotatable bonds is 3. The van der Waals surface area contributed by atoms with E-state index in [0.717, 1.165) is 12.8 Å². The average Bonchev–Trinajstić information content (AvgIpc) is 1.98. The lowest BCUT2D eigenvalue weighted by atomic mass is 9.57. The molecule has 1 aliphatic carbocycles. The molecule has 1 unspecified atom stereocenters. The molecule has 1 fully saturated rings. The van der Waals surface area contributed by atoms with Gasteiger partial charge in [-0.05, 0) is 25.2 Å². The number of carbonyl (C=O) groups excluding carboxylic acids is 1. The molecule has 0 aromatic heterocycles. The Labute approximate surface area is 73.5 Å². The molecular formula is C9H18N2O. The van der Waals surface area contributed by atoms with Gasteiger partial charge in [0, 0.05) is 6.54 Å². The number of ketones is 1. The van der Waals surface area contributed by atoms with Crippen LogP contribution in [-0.4, -0.2) is 17.9 Å². The molecule has 1 aliphatic rings. The molecule has 3 nitrogen and oxygen atoms in total. The molecular weight excluding hydrogens is 152 g/mol. The van der Waals surface area contributed by atoms with E-state index in [1.807, 2.05) is 0 Å². The fourth-order valence-electron chi connectivity index (χ4n) is 1.97. The number of Topliss-reactive ketones (excluding diaryl/α,β-unsaturated/α-hetero) is 1. The maximum atomic E-state index is 11.3. The molecule has 4 N–H and O–H groups in total. The van der Waals surface area contributed by atoms with E-state index >= 15 is 0 Å². The van der Waals surface area contributed by atoms with E-state index in [1.54, 1.807) is 0 Å². The Morgan fingerprint density at radius 2 is 2.08 bits per heavy atom. The number of hydrogen-bond acceptors (Lipinski definition) is 3. The van der Waals surface area contributed by atoms with Crippen molar-refractivity contribution in [1.29, 1.82) is 0 Å². The molecule has 1 atom stereocenters. The quantitative estimate of drug-likeness (QED) is 0.645. The molecule has 0 heterocycles. The summed E-state index contributed by atoms with van der Waals surface area (Å²) in [5.74, 6) is 0.0206. The molecule has 0 aliphatic heterocycles. The SMILES string of the molecule is CC(=O)C(N)(CN)C1(C)CCC1. The Morgan fingerprint density at radius 1 is 1.58 bits per heavy atom. The second-order valence-electron chi connectivity index (χ2n) is 4.15. The van der Waals surface area contributed by atoms with Gasteiger partial charge in [0.25, 0.3) is 0 Å². The van der Waals surface area contributed by atoms with E-state index in [0.29, 0.717) is 0 Å². The van der Waals surface area contributed by atoms with Crippen LogP contribution in [0.2, 0.25) is 0 Å². The van der Waals surface area contributed by atoms with Crippen molar-refractivity contribution in [2.75, 3.05) is 6.54 Å². The van der Waals surface area contributed by atoms with Crippen molar-refractivity contribution in [1.82, 2.24) is 0 Å². The summed E-state index contributed by atoms with van der Waals surface area (Å²) in [5.41, 5.74) is 10.7. The van der Waals surface area contributed by atoms with Crippen molar-refractivity contribution in [2.45, 2.75) is 38.6 Å². The van der Waals surface area contributed by atoms with Crippen molar-refractivity contribution in [3.63, 3.8) is 0 Å². The summed E-state index contributed by atoms with van der Waals surface area (Å²) in [6.07, 6.45) is 3.23. The zero-order valence-electron chi connectivity index (χ0n) is 7.89. The first kappa shape index (κ1) is 9.68. The molecule has 0 aromatic carbocycles. The molecule has 0 radical (unpaired) electrons. The van der Waals surface area contributed by atoms with E-state index in [4.69, 9.17) is 11.5 Å². The third-order valence-corrected chi connectivity index (χ3v) is 3.48. The molecule has 12 heavy (non-hydrogen) atoms. The summed E-state index contributed by atoms with van der Waals surface area (Å²) < 4.78 is 0. The van der Waals surface area contributed by atoms with Gasteiger partial charge in [-0.3, -0.25) is 4.79 Å². The molecule has 0 saturated heterocycles. The zero-order chi connectivity index (χ0) is 9.41. The highest BCUT2D eigenvalue weighted by atomic mass is 16.1. The summed E-state index contributed by atoms with van der Waals surface area (Å²) in [6.45, 7) is 3.86. The summed E-state index contributed by atoms with van der Waals surface area (Å²) in [5, 5.41) is 0. The number of hydrogen-bond donors (Lipinski definition) is 2. The minimum Gasteiger partial charge on any atom is -0.328 e. The van der Waals surface area contributed by atoms with Gasteiger partial charge in [0.1, 0.15) is 0 Å². The van der Waals surface area contributed by atoms with Crippen molar-refractivity contribution in [2.24, 2.45) is 16.9 Å². The highest BCUT2D eigenvalue weighted by Crippen LogP contribution is 2.47. The van der Waals surface area contributed by atoms with Gasteiger partial charge in [-0.25, -0.2) is 0 Å². The van der Waals surface area contributed by atoms with Crippen LogP contribution in [0.5, 0.6) is 0 Å². The summed E-state index contributed by atoms with van der Waals surface area (Å²) in [4.78, 5) is 11.3. The van der Waals surface area contributed by atoms with Crippen LogP contribution < -0.4 is 11.5 Å². The molecule has 3 heteroatoms. The third kappa shape index (κ3) is 1.08. The van der Waals surface area contributed by atoms with E-state index < -0.39 is 5.54 Å². The van der Waals surface area contributed by atoms with Gasteiger partial charge in [-0.1, -0.05) is 13.3 Å². The minimum absolute atomic E-state index is 0.0206. The monoisotopic (exact) mass is 170 g/mol. The fourth-order valence-corrected chi connectivity index (χ4v) is 1.97.